The molecule has 0 saturated carbocycles. The molecule has 0 radical (unpaired) electrons. The average Bonchev–Trinajstić information content (AvgIpc) is 2.95. The van der Waals surface area contributed by atoms with Crippen molar-refractivity contribution in [2.75, 3.05) is 19.5 Å². The first-order valence-electron chi connectivity index (χ1n) is 8.09. The van der Waals surface area contributed by atoms with E-state index < -0.39 is 0 Å². The van der Waals surface area contributed by atoms with Gasteiger partial charge >= 0.3 is 0 Å². The molecule has 1 aromatic carbocycles. The summed E-state index contributed by atoms with van der Waals surface area (Å²) in [5, 5.41) is 13.3. The number of aromatic nitrogens is 3. The summed E-state index contributed by atoms with van der Waals surface area (Å²) in [6.45, 7) is 7.26. The number of ether oxygens (including phenoxy) is 2. The van der Waals surface area contributed by atoms with E-state index in [4.69, 9.17) is 9.47 Å². The second-order valence-electron chi connectivity index (χ2n) is 5.13. The van der Waals surface area contributed by atoms with Gasteiger partial charge in [-0.25, -0.2) is 0 Å². The summed E-state index contributed by atoms with van der Waals surface area (Å²) >= 11 is 1.51. The van der Waals surface area contributed by atoms with Crippen molar-refractivity contribution in [3.05, 3.63) is 29.6 Å². The van der Waals surface area contributed by atoms with E-state index in [2.05, 4.69) is 22.2 Å². The normalized spacial score (nSPS) is 11.2. The minimum Gasteiger partial charge on any atom is -0.490 e. The molecule has 0 aliphatic heterocycles. The summed E-state index contributed by atoms with van der Waals surface area (Å²) in [5.41, 5.74) is 0.932. The largest absolute Gasteiger partial charge is 0.490 e. The summed E-state index contributed by atoms with van der Waals surface area (Å²) in [5.74, 6) is 2.26. The van der Waals surface area contributed by atoms with Crippen molar-refractivity contribution < 1.29 is 9.47 Å². The van der Waals surface area contributed by atoms with Gasteiger partial charge in [-0.15, -0.1) is 10.2 Å². The first-order valence-corrected chi connectivity index (χ1v) is 9.32. The Bertz CT molecular complexity index is 685. The predicted molar refractivity (Wildman–Crippen MR) is 97.5 cm³/mol. The molecule has 2 rings (SSSR count). The van der Waals surface area contributed by atoms with Crippen LogP contribution in [0.5, 0.6) is 11.5 Å². The van der Waals surface area contributed by atoms with Crippen LogP contribution in [0.2, 0.25) is 0 Å². The molecule has 0 N–H and O–H groups in total. The quantitative estimate of drug-likeness (QED) is 0.392. The molecule has 1 heterocycles. The Morgan fingerprint density at radius 3 is 2.75 bits per heavy atom. The fourth-order valence-corrected chi connectivity index (χ4v) is 2.52. The number of rotatable bonds is 9. The maximum absolute atomic E-state index is 5.79. The maximum Gasteiger partial charge on any atom is 0.211 e. The highest BCUT2D eigenvalue weighted by Gasteiger charge is 2.08. The molecule has 0 aliphatic carbocycles. The molecule has 0 fully saturated rings. The Morgan fingerprint density at radius 2 is 2.04 bits per heavy atom. The Kier molecular flexibility index (Phi) is 7.11. The zero-order valence-corrected chi connectivity index (χ0v) is 15.5. The Morgan fingerprint density at radius 1 is 1.21 bits per heavy atom. The lowest BCUT2D eigenvalue weighted by atomic mass is 10.2. The summed E-state index contributed by atoms with van der Waals surface area (Å²) < 4.78 is 13.2. The molecule has 2 aromatic rings. The number of hydrogen-bond acceptors (Lipinski definition) is 6. The molecule has 1 aromatic heterocycles. The minimum atomic E-state index is 0.589. The fourth-order valence-electron chi connectivity index (χ4n) is 2.04. The van der Waals surface area contributed by atoms with Gasteiger partial charge in [0.2, 0.25) is 5.16 Å². The number of aryl methyl sites for hydroxylation is 1. The highest BCUT2D eigenvalue weighted by Crippen LogP contribution is 2.28. The van der Waals surface area contributed by atoms with E-state index in [0.29, 0.717) is 13.2 Å². The average molecular weight is 348 g/mol. The maximum atomic E-state index is 5.79. The molecule has 0 saturated heterocycles. The Hall–Kier alpha value is -2.02. The van der Waals surface area contributed by atoms with Crippen molar-refractivity contribution in [1.82, 2.24) is 14.9 Å². The van der Waals surface area contributed by atoms with Gasteiger partial charge in [-0.1, -0.05) is 25.1 Å². The second kappa shape index (κ2) is 9.32. The van der Waals surface area contributed by atoms with E-state index >= 15 is 0 Å². The van der Waals surface area contributed by atoms with Crippen LogP contribution < -0.4 is 9.47 Å². The molecule has 130 valence electrons. The van der Waals surface area contributed by atoms with Crippen LogP contribution in [-0.2, 0) is 0 Å². The van der Waals surface area contributed by atoms with Crippen LogP contribution in [0.1, 0.15) is 38.1 Å². The summed E-state index contributed by atoms with van der Waals surface area (Å²) in [7, 11) is 0. The molecule has 24 heavy (non-hydrogen) atoms. The van der Waals surface area contributed by atoms with E-state index in [9.17, 15) is 0 Å². The van der Waals surface area contributed by atoms with Gasteiger partial charge in [0.1, 0.15) is 0 Å². The van der Waals surface area contributed by atoms with E-state index in [0.717, 1.165) is 40.9 Å². The third-order valence-corrected chi connectivity index (χ3v) is 3.92. The zero-order valence-electron chi connectivity index (χ0n) is 14.7. The Balaban J connectivity index is 2.19. The lowest BCUT2D eigenvalue weighted by Gasteiger charge is -2.12. The number of thioether (sulfide) groups is 1. The lowest BCUT2D eigenvalue weighted by Crippen LogP contribution is -2.01. The zero-order chi connectivity index (χ0) is 17.4. The molecular formula is C17H24N4O2S. The lowest BCUT2D eigenvalue weighted by molar-refractivity contribution is 0.272. The summed E-state index contributed by atoms with van der Waals surface area (Å²) in [4.78, 5) is 0. The van der Waals surface area contributed by atoms with Crippen molar-refractivity contribution in [2.24, 2.45) is 5.10 Å². The SMILES string of the molecule is CCCCOc1ccc(/C=N\n2c(C)nnc2SC)cc1OCC. The number of benzene rings is 1. The van der Waals surface area contributed by atoms with Gasteiger partial charge in [-0.05, 0) is 50.3 Å². The van der Waals surface area contributed by atoms with Gasteiger partial charge in [-0.3, -0.25) is 0 Å². The standard InChI is InChI=1S/C17H24N4O2S/c1-5-7-10-23-15-9-8-14(11-16(15)22-6-2)12-18-21-13(3)19-20-17(21)24-4/h8-9,11-12H,5-7,10H2,1-4H3/b18-12-. The number of nitrogens with zero attached hydrogens (tertiary/aromatic N) is 4. The third kappa shape index (κ3) is 4.74. The van der Waals surface area contributed by atoms with Crippen molar-refractivity contribution in [1.29, 1.82) is 0 Å². The summed E-state index contributed by atoms with van der Waals surface area (Å²) in [6.07, 6.45) is 5.85. The van der Waals surface area contributed by atoms with Gasteiger partial charge in [0.25, 0.3) is 0 Å². The van der Waals surface area contributed by atoms with Crippen LogP contribution >= 0.6 is 11.8 Å². The fraction of sp³-hybridized carbons (Fsp3) is 0.471. The highest BCUT2D eigenvalue weighted by atomic mass is 32.2. The molecule has 7 heteroatoms. The summed E-state index contributed by atoms with van der Waals surface area (Å²) in [6, 6.07) is 5.83. The van der Waals surface area contributed by atoms with Gasteiger partial charge in [-0.2, -0.15) is 9.78 Å². The monoisotopic (exact) mass is 348 g/mol. The van der Waals surface area contributed by atoms with Crippen molar-refractivity contribution >= 4 is 18.0 Å². The van der Waals surface area contributed by atoms with Crippen molar-refractivity contribution in [2.45, 2.75) is 38.8 Å². The van der Waals surface area contributed by atoms with Crippen LogP contribution in [-0.4, -0.2) is 40.6 Å². The van der Waals surface area contributed by atoms with E-state index in [1.165, 1.54) is 11.8 Å². The van der Waals surface area contributed by atoms with Crippen LogP contribution in [0.15, 0.2) is 28.5 Å². The number of hydrogen-bond donors (Lipinski definition) is 0. The van der Waals surface area contributed by atoms with E-state index in [-0.39, 0.29) is 0 Å². The van der Waals surface area contributed by atoms with Crippen LogP contribution in [0.3, 0.4) is 0 Å². The van der Waals surface area contributed by atoms with E-state index in [1.54, 1.807) is 10.9 Å². The third-order valence-electron chi connectivity index (χ3n) is 3.30. The molecular weight excluding hydrogens is 324 g/mol. The predicted octanol–water partition coefficient (Wildman–Crippen LogP) is 3.77. The first-order chi connectivity index (χ1) is 11.7. The number of unbranched alkanes of at least 4 members (excludes halogenated alkanes) is 1. The van der Waals surface area contributed by atoms with Crippen LogP contribution in [0.4, 0.5) is 0 Å². The second-order valence-corrected chi connectivity index (χ2v) is 5.90. The van der Waals surface area contributed by atoms with Crippen molar-refractivity contribution in [3.8, 4) is 11.5 Å². The molecule has 0 aliphatic rings. The molecule has 0 spiro atoms. The van der Waals surface area contributed by atoms with Gasteiger partial charge in [0.15, 0.2) is 17.3 Å². The topological polar surface area (TPSA) is 61.5 Å². The molecule has 6 nitrogen and oxygen atoms in total. The van der Waals surface area contributed by atoms with Gasteiger partial charge in [0.05, 0.1) is 19.4 Å². The van der Waals surface area contributed by atoms with Crippen LogP contribution in [0.25, 0.3) is 0 Å². The van der Waals surface area contributed by atoms with E-state index in [1.807, 2.05) is 38.3 Å². The molecule has 0 unspecified atom stereocenters. The van der Waals surface area contributed by atoms with Crippen molar-refractivity contribution in [3.63, 3.8) is 0 Å². The smallest absolute Gasteiger partial charge is 0.211 e. The first kappa shape index (κ1) is 18.3. The van der Waals surface area contributed by atoms with Gasteiger partial charge in [0, 0.05) is 0 Å². The van der Waals surface area contributed by atoms with Crippen LogP contribution in [0, 0.1) is 6.92 Å². The molecule has 0 atom stereocenters. The molecule has 0 amide bonds. The minimum absolute atomic E-state index is 0.589. The Labute approximate surface area is 147 Å². The highest BCUT2D eigenvalue weighted by molar-refractivity contribution is 7.98. The van der Waals surface area contributed by atoms with Gasteiger partial charge < -0.3 is 9.47 Å². The molecule has 0 bridgehead atoms.